The Morgan fingerprint density at radius 3 is 2.42 bits per heavy atom. The van der Waals surface area contributed by atoms with E-state index in [4.69, 9.17) is 13.9 Å². The fraction of sp³-hybridized carbons (Fsp3) is 0.190. The smallest absolute Gasteiger partial charge is 0.344 e. The Morgan fingerprint density at radius 2 is 1.74 bits per heavy atom. The van der Waals surface area contributed by atoms with Crippen molar-refractivity contribution < 1.29 is 31.9 Å². The number of hydrogen-bond acceptors (Lipinski definition) is 8. The fourth-order valence-electron chi connectivity index (χ4n) is 2.71. The van der Waals surface area contributed by atoms with Crippen LogP contribution in [0.2, 0.25) is 0 Å². The monoisotopic (exact) mass is 445 g/mol. The molecule has 0 bridgehead atoms. The van der Waals surface area contributed by atoms with Gasteiger partial charge in [0.1, 0.15) is 11.3 Å². The maximum atomic E-state index is 12.4. The van der Waals surface area contributed by atoms with Crippen LogP contribution < -0.4 is 15.1 Å². The van der Waals surface area contributed by atoms with E-state index in [1.807, 2.05) is 0 Å². The lowest BCUT2D eigenvalue weighted by atomic mass is 10.1. The third kappa shape index (κ3) is 6.16. The molecule has 0 amide bonds. The summed E-state index contributed by atoms with van der Waals surface area (Å²) in [6.45, 7) is 0.977. The normalized spacial score (nSPS) is 12.2. The molecule has 162 valence electrons. The summed E-state index contributed by atoms with van der Waals surface area (Å²) < 4.78 is 40.3. The molecule has 0 radical (unpaired) electrons. The van der Waals surface area contributed by atoms with Crippen molar-refractivity contribution in [3.63, 3.8) is 0 Å². The summed E-state index contributed by atoms with van der Waals surface area (Å²) in [7, 11) is -3.43. The zero-order chi connectivity index (χ0) is 22.6. The third-order valence-corrected chi connectivity index (χ3v) is 4.71. The minimum absolute atomic E-state index is 0.254. The molecule has 9 nitrogen and oxygen atoms in total. The van der Waals surface area contributed by atoms with Gasteiger partial charge in [-0.3, -0.25) is 9.52 Å². The Labute approximate surface area is 177 Å². The SMILES string of the molecule is CC(OC(=O)COc1ccc2ccc(=O)oc2c1)C(=O)c1ccc(NS(C)(=O)=O)cc1. The van der Waals surface area contributed by atoms with Crippen molar-refractivity contribution in [2.75, 3.05) is 17.6 Å². The number of hydrogen-bond donors (Lipinski definition) is 1. The molecule has 1 N–H and O–H groups in total. The summed E-state index contributed by atoms with van der Waals surface area (Å²) in [5.74, 6) is -0.913. The summed E-state index contributed by atoms with van der Waals surface area (Å²) in [5, 5.41) is 0.700. The Hall–Kier alpha value is -3.66. The highest BCUT2D eigenvalue weighted by atomic mass is 32.2. The van der Waals surface area contributed by atoms with Crippen LogP contribution in [-0.4, -0.2) is 39.1 Å². The van der Waals surface area contributed by atoms with E-state index in [1.165, 1.54) is 43.3 Å². The molecule has 10 heteroatoms. The van der Waals surface area contributed by atoms with E-state index in [-0.39, 0.29) is 5.56 Å². The van der Waals surface area contributed by atoms with Crippen LogP contribution in [0.4, 0.5) is 5.69 Å². The van der Waals surface area contributed by atoms with Crippen molar-refractivity contribution >= 4 is 38.4 Å². The first-order valence-electron chi connectivity index (χ1n) is 9.09. The van der Waals surface area contributed by atoms with Crippen LogP contribution in [0, 0.1) is 0 Å². The maximum Gasteiger partial charge on any atom is 0.344 e. The molecule has 0 aliphatic rings. The van der Waals surface area contributed by atoms with Gasteiger partial charge >= 0.3 is 11.6 Å². The molecule has 0 aliphatic heterocycles. The number of benzene rings is 2. The summed E-state index contributed by atoms with van der Waals surface area (Å²) in [5.41, 5.74) is 0.375. The Morgan fingerprint density at radius 1 is 1.06 bits per heavy atom. The van der Waals surface area contributed by atoms with Gasteiger partial charge in [0.25, 0.3) is 0 Å². The van der Waals surface area contributed by atoms with Crippen LogP contribution in [0.5, 0.6) is 5.75 Å². The molecule has 1 unspecified atom stereocenters. The molecule has 0 saturated carbocycles. The number of Topliss-reactive ketones (excluding diaryl/α,β-unsaturated/α-hetero) is 1. The number of carbonyl (C=O) groups is 2. The highest BCUT2D eigenvalue weighted by Gasteiger charge is 2.20. The molecule has 0 aliphatic carbocycles. The first-order valence-corrected chi connectivity index (χ1v) is 11.0. The fourth-order valence-corrected chi connectivity index (χ4v) is 3.27. The van der Waals surface area contributed by atoms with Crippen molar-refractivity contribution in [1.29, 1.82) is 0 Å². The van der Waals surface area contributed by atoms with Crippen molar-refractivity contribution in [1.82, 2.24) is 0 Å². The molecule has 31 heavy (non-hydrogen) atoms. The molecule has 1 aromatic heterocycles. The number of carbonyl (C=O) groups excluding carboxylic acids is 2. The van der Waals surface area contributed by atoms with Crippen molar-refractivity contribution in [3.05, 3.63) is 70.6 Å². The van der Waals surface area contributed by atoms with Crippen LogP contribution in [0.3, 0.4) is 0 Å². The Bertz CT molecular complexity index is 1280. The largest absolute Gasteiger partial charge is 0.482 e. The maximum absolute atomic E-state index is 12.4. The number of esters is 1. The van der Waals surface area contributed by atoms with Crippen LogP contribution in [0.1, 0.15) is 17.3 Å². The first kappa shape index (κ1) is 22.0. The van der Waals surface area contributed by atoms with Crippen LogP contribution >= 0.6 is 0 Å². The van der Waals surface area contributed by atoms with Crippen LogP contribution in [0.25, 0.3) is 11.0 Å². The Balaban J connectivity index is 1.56. The minimum atomic E-state index is -3.43. The number of rotatable bonds is 8. The molecular formula is C21H19NO8S. The quantitative estimate of drug-likeness (QED) is 0.318. The summed E-state index contributed by atoms with van der Waals surface area (Å²) in [6.07, 6.45) is -0.0527. The molecule has 0 saturated heterocycles. The van der Waals surface area contributed by atoms with E-state index in [0.717, 1.165) is 6.26 Å². The van der Waals surface area contributed by atoms with E-state index < -0.39 is 40.1 Å². The van der Waals surface area contributed by atoms with Gasteiger partial charge in [0.05, 0.1) is 6.26 Å². The van der Waals surface area contributed by atoms with E-state index in [2.05, 4.69) is 4.72 Å². The molecule has 1 atom stereocenters. The molecule has 0 fully saturated rings. The lowest BCUT2D eigenvalue weighted by Gasteiger charge is -2.13. The predicted octanol–water partition coefficient (Wildman–Crippen LogP) is 2.36. The highest BCUT2D eigenvalue weighted by Crippen LogP contribution is 2.19. The second-order valence-electron chi connectivity index (χ2n) is 6.69. The van der Waals surface area contributed by atoms with E-state index >= 15 is 0 Å². The van der Waals surface area contributed by atoms with Gasteiger partial charge in [0.2, 0.25) is 15.8 Å². The van der Waals surface area contributed by atoms with Crippen LogP contribution in [-0.2, 0) is 19.6 Å². The van der Waals surface area contributed by atoms with Crippen molar-refractivity contribution in [2.24, 2.45) is 0 Å². The zero-order valence-electron chi connectivity index (χ0n) is 16.7. The Kier molecular flexibility index (Phi) is 6.40. The molecular weight excluding hydrogens is 426 g/mol. The molecule has 0 spiro atoms. The zero-order valence-corrected chi connectivity index (χ0v) is 17.5. The van der Waals surface area contributed by atoms with Gasteiger partial charge in [0, 0.05) is 28.8 Å². The summed E-state index contributed by atoms with van der Waals surface area (Å²) >= 11 is 0. The number of sulfonamides is 1. The number of fused-ring (bicyclic) bond motifs is 1. The number of ketones is 1. The van der Waals surface area contributed by atoms with Gasteiger partial charge in [-0.1, -0.05) is 0 Å². The third-order valence-electron chi connectivity index (χ3n) is 4.10. The van der Waals surface area contributed by atoms with Gasteiger partial charge in [0.15, 0.2) is 12.7 Å². The topological polar surface area (TPSA) is 129 Å². The molecule has 2 aromatic carbocycles. The molecule has 3 aromatic rings. The summed E-state index contributed by atoms with van der Waals surface area (Å²) in [6, 6.07) is 13.4. The van der Waals surface area contributed by atoms with Crippen molar-refractivity contribution in [2.45, 2.75) is 13.0 Å². The van der Waals surface area contributed by atoms with E-state index in [9.17, 15) is 22.8 Å². The van der Waals surface area contributed by atoms with Gasteiger partial charge in [-0.2, -0.15) is 0 Å². The van der Waals surface area contributed by atoms with E-state index in [1.54, 1.807) is 18.2 Å². The van der Waals surface area contributed by atoms with Gasteiger partial charge in [-0.25, -0.2) is 18.0 Å². The standard InChI is InChI=1S/C21H19NO8S/c1-13(21(25)15-3-7-16(8-4-15)22-31(2,26)27)29-20(24)12-28-17-9-5-14-6-10-19(23)30-18(14)11-17/h3-11,13,22H,12H2,1-2H3. The summed E-state index contributed by atoms with van der Waals surface area (Å²) in [4.78, 5) is 35.8. The van der Waals surface area contributed by atoms with Crippen molar-refractivity contribution in [3.8, 4) is 5.75 Å². The number of nitrogens with one attached hydrogen (secondary N) is 1. The van der Waals surface area contributed by atoms with Gasteiger partial charge in [-0.05, 0) is 49.4 Å². The average molecular weight is 445 g/mol. The molecule has 1 heterocycles. The number of anilines is 1. The van der Waals surface area contributed by atoms with Gasteiger partial charge < -0.3 is 13.9 Å². The lowest BCUT2D eigenvalue weighted by molar-refractivity contribution is -0.148. The highest BCUT2D eigenvalue weighted by molar-refractivity contribution is 7.92. The predicted molar refractivity (Wildman–Crippen MR) is 113 cm³/mol. The molecule has 3 rings (SSSR count). The van der Waals surface area contributed by atoms with Gasteiger partial charge in [-0.15, -0.1) is 0 Å². The second kappa shape index (κ2) is 9.00. The second-order valence-corrected chi connectivity index (χ2v) is 8.44. The lowest BCUT2D eigenvalue weighted by Crippen LogP contribution is -2.27. The average Bonchev–Trinajstić information content (AvgIpc) is 2.70. The minimum Gasteiger partial charge on any atom is -0.482 e. The van der Waals surface area contributed by atoms with E-state index in [0.29, 0.717) is 22.4 Å². The first-order chi connectivity index (χ1) is 14.6. The number of ether oxygens (including phenoxy) is 2. The van der Waals surface area contributed by atoms with Crippen LogP contribution in [0.15, 0.2) is 63.8 Å².